The first-order valence-corrected chi connectivity index (χ1v) is 12.6. The summed E-state index contributed by atoms with van der Waals surface area (Å²) in [6.45, 7) is 3.66. The summed E-state index contributed by atoms with van der Waals surface area (Å²) in [4.78, 5) is 17.2. The van der Waals surface area contributed by atoms with Crippen molar-refractivity contribution in [2.75, 3.05) is 34.0 Å². The number of nitrogens with one attached hydrogen (secondary N) is 1. The number of methoxy groups -OCH3 is 2. The van der Waals surface area contributed by atoms with Gasteiger partial charge in [-0.15, -0.1) is 0 Å². The number of halogens is 4. The zero-order chi connectivity index (χ0) is 30.5. The highest BCUT2D eigenvalue weighted by Crippen LogP contribution is 2.42. The number of nitrogens with two attached hydrogens (primary N) is 1. The first-order chi connectivity index (χ1) is 19.2. The molecule has 0 saturated heterocycles. The standard InChI is InChI=1S/C29H33F4N3O5/c1-16-12-17(6-8-21(16)30)25-26(40-5)19(28(2,3)34)14-22(36-25)20(29(31,32)33)15-35-27(38)18-7-9-23(41-11-10-37)24(13-18)39-4/h6-9,12-14,20,37H,10-11,15,34H2,1-5H3,(H,35,38). The largest absolute Gasteiger partial charge is 0.494 e. The van der Waals surface area contributed by atoms with E-state index in [0.29, 0.717) is 5.56 Å². The van der Waals surface area contributed by atoms with Crippen LogP contribution in [0, 0.1) is 12.7 Å². The molecule has 0 aliphatic rings. The highest BCUT2D eigenvalue weighted by Gasteiger charge is 2.43. The van der Waals surface area contributed by atoms with Crippen LogP contribution in [0.3, 0.4) is 0 Å². The van der Waals surface area contributed by atoms with Gasteiger partial charge in [0.25, 0.3) is 5.91 Å². The lowest BCUT2D eigenvalue weighted by atomic mass is 9.90. The Bertz CT molecular complexity index is 1390. The Kier molecular flexibility index (Phi) is 9.82. The fourth-order valence-electron chi connectivity index (χ4n) is 4.17. The molecule has 0 aliphatic carbocycles. The van der Waals surface area contributed by atoms with E-state index < -0.39 is 41.6 Å². The number of amides is 1. The molecule has 2 aromatic carbocycles. The number of alkyl halides is 3. The maximum absolute atomic E-state index is 14.5. The monoisotopic (exact) mass is 579 g/mol. The number of benzene rings is 2. The van der Waals surface area contributed by atoms with Gasteiger partial charge < -0.3 is 30.4 Å². The van der Waals surface area contributed by atoms with Crippen LogP contribution in [-0.2, 0) is 5.54 Å². The fraction of sp³-hybridized carbons (Fsp3) is 0.379. The van der Waals surface area contributed by atoms with Crippen LogP contribution in [0.4, 0.5) is 17.6 Å². The molecule has 0 fully saturated rings. The topological polar surface area (TPSA) is 116 Å². The number of aliphatic hydroxyl groups is 1. The number of carbonyl (C=O) groups is 1. The number of aliphatic hydroxyl groups excluding tert-OH is 1. The van der Waals surface area contributed by atoms with Crippen LogP contribution in [0.15, 0.2) is 42.5 Å². The Morgan fingerprint density at radius 3 is 2.34 bits per heavy atom. The zero-order valence-corrected chi connectivity index (χ0v) is 23.4. The summed E-state index contributed by atoms with van der Waals surface area (Å²) >= 11 is 0. The van der Waals surface area contributed by atoms with Crippen LogP contribution in [0.25, 0.3) is 11.3 Å². The van der Waals surface area contributed by atoms with Gasteiger partial charge in [-0.2, -0.15) is 13.2 Å². The molecule has 1 atom stereocenters. The zero-order valence-electron chi connectivity index (χ0n) is 23.4. The van der Waals surface area contributed by atoms with Crippen molar-refractivity contribution in [1.82, 2.24) is 10.3 Å². The molecule has 1 unspecified atom stereocenters. The van der Waals surface area contributed by atoms with Crippen LogP contribution in [0.1, 0.15) is 46.9 Å². The maximum Gasteiger partial charge on any atom is 0.398 e. The van der Waals surface area contributed by atoms with Crippen molar-refractivity contribution >= 4 is 5.91 Å². The Hall–Kier alpha value is -3.90. The molecule has 0 spiro atoms. The summed E-state index contributed by atoms with van der Waals surface area (Å²) in [7, 11) is 2.69. The molecular formula is C29H33F4N3O5. The van der Waals surface area contributed by atoms with E-state index in [1.807, 2.05) is 0 Å². The van der Waals surface area contributed by atoms with E-state index in [1.165, 1.54) is 63.6 Å². The number of carbonyl (C=O) groups excluding carboxylic acids is 1. The van der Waals surface area contributed by atoms with Gasteiger partial charge in [0.15, 0.2) is 11.5 Å². The van der Waals surface area contributed by atoms with Crippen LogP contribution in [-0.4, -0.2) is 56.2 Å². The van der Waals surface area contributed by atoms with E-state index in [9.17, 15) is 22.4 Å². The SMILES string of the molecule is COc1cc(C(=O)NCC(c2cc(C(C)(C)N)c(OC)c(-c3ccc(F)c(C)c3)n2)C(F)(F)F)ccc1OCCO. The summed E-state index contributed by atoms with van der Waals surface area (Å²) in [5.74, 6) is -2.89. The summed E-state index contributed by atoms with van der Waals surface area (Å²) in [6.07, 6.45) is -4.81. The average molecular weight is 580 g/mol. The third-order valence-corrected chi connectivity index (χ3v) is 6.32. The lowest BCUT2D eigenvalue weighted by Gasteiger charge is -2.27. The van der Waals surface area contributed by atoms with Crippen molar-refractivity contribution in [2.24, 2.45) is 5.73 Å². The third kappa shape index (κ3) is 7.44. The molecule has 0 radical (unpaired) electrons. The molecular weight excluding hydrogens is 546 g/mol. The van der Waals surface area contributed by atoms with Crippen molar-refractivity contribution in [3.8, 4) is 28.5 Å². The van der Waals surface area contributed by atoms with E-state index in [-0.39, 0.29) is 52.8 Å². The lowest BCUT2D eigenvalue weighted by Crippen LogP contribution is -2.36. The van der Waals surface area contributed by atoms with Gasteiger partial charge in [-0.05, 0) is 68.8 Å². The van der Waals surface area contributed by atoms with Crippen molar-refractivity contribution in [3.05, 3.63) is 70.7 Å². The Labute approximate surface area is 235 Å². The second kappa shape index (κ2) is 12.7. The summed E-state index contributed by atoms with van der Waals surface area (Å²) in [5, 5.41) is 11.3. The second-order valence-electron chi connectivity index (χ2n) is 9.90. The molecule has 4 N–H and O–H groups in total. The van der Waals surface area contributed by atoms with Crippen molar-refractivity contribution in [2.45, 2.75) is 38.4 Å². The molecule has 3 aromatic rings. The number of hydrogen-bond acceptors (Lipinski definition) is 7. The molecule has 0 saturated carbocycles. The predicted molar refractivity (Wildman–Crippen MR) is 145 cm³/mol. The first-order valence-electron chi connectivity index (χ1n) is 12.6. The van der Waals surface area contributed by atoms with Crippen LogP contribution in [0.2, 0.25) is 0 Å². The average Bonchev–Trinajstić information content (AvgIpc) is 2.91. The van der Waals surface area contributed by atoms with E-state index in [4.69, 9.17) is 25.1 Å². The molecule has 3 rings (SSSR count). The van der Waals surface area contributed by atoms with Gasteiger partial charge in [0.1, 0.15) is 29.8 Å². The third-order valence-electron chi connectivity index (χ3n) is 6.32. The number of ether oxygens (including phenoxy) is 3. The van der Waals surface area contributed by atoms with Gasteiger partial charge >= 0.3 is 6.18 Å². The molecule has 12 heteroatoms. The summed E-state index contributed by atoms with van der Waals surface area (Å²) < 4.78 is 73.4. The molecule has 1 heterocycles. The Morgan fingerprint density at radius 2 is 1.78 bits per heavy atom. The van der Waals surface area contributed by atoms with E-state index >= 15 is 0 Å². The number of aryl methyl sites for hydroxylation is 1. The van der Waals surface area contributed by atoms with Gasteiger partial charge in [0.05, 0.1) is 26.5 Å². The van der Waals surface area contributed by atoms with Gasteiger partial charge in [0, 0.05) is 28.8 Å². The van der Waals surface area contributed by atoms with E-state index in [0.717, 1.165) is 0 Å². The van der Waals surface area contributed by atoms with E-state index in [2.05, 4.69) is 10.3 Å². The minimum atomic E-state index is -4.81. The van der Waals surface area contributed by atoms with Crippen LogP contribution >= 0.6 is 0 Å². The quantitative estimate of drug-likeness (QED) is 0.278. The summed E-state index contributed by atoms with van der Waals surface area (Å²) in [6, 6.07) is 9.38. The van der Waals surface area contributed by atoms with E-state index in [1.54, 1.807) is 13.8 Å². The number of aromatic nitrogens is 1. The molecule has 0 aliphatic heterocycles. The highest BCUT2D eigenvalue weighted by atomic mass is 19.4. The minimum Gasteiger partial charge on any atom is -0.494 e. The van der Waals surface area contributed by atoms with Gasteiger partial charge in [-0.25, -0.2) is 9.37 Å². The molecule has 41 heavy (non-hydrogen) atoms. The van der Waals surface area contributed by atoms with Gasteiger partial charge in [-0.3, -0.25) is 4.79 Å². The summed E-state index contributed by atoms with van der Waals surface area (Å²) in [5.41, 5.74) is 5.76. The smallest absolute Gasteiger partial charge is 0.398 e. The molecule has 1 aromatic heterocycles. The Balaban J connectivity index is 2.04. The maximum atomic E-state index is 14.5. The number of pyridine rings is 1. The van der Waals surface area contributed by atoms with Crippen molar-refractivity contribution in [3.63, 3.8) is 0 Å². The van der Waals surface area contributed by atoms with Crippen molar-refractivity contribution < 1.29 is 41.7 Å². The minimum absolute atomic E-state index is 0.00883. The second-order valence-corrected chi connectivity index (χ2v) is 9.90. The lowest BCUT2D eigenvalue weighted by molar-refractivity contribution is -0.149. The predicted octanol–water partition coefficient (Wildman–Crippen LogP) is 4.85. The molecule has 1 amide bonds. The molecule has 0 bridgehead atoms. The molecule has 8 nitrogen and oxygen atoms in total. The highest BCUT2D eigenvalue weighted by molar-refractivity contribution is 5.95. The first kappa shape index (κ1) is 31.6. The fourth-order valence-corrected chi connectivity index (χ4v) is 4.17. The van der Waals surface area contributed by atoms with Gasteiger partial charge in [-0.1, -0.05) is 0 Å². The molecule has 222 valence electrons. The normalized spacial score (nSPS) is 12.6. The number of hydrogen-bond donors (Lipinski definition) is 3. The number of rotatable bonds is 11. The Morgan fingerprint density at radius 1 is 1.07 bits per heavy atom. The number of nitrogens with zero attached hydrogens (tertiary/aromatic N) is 1. The van der Waals surface area contributed by atoms with Crippen molar-refractivity contribution in [1.29, 1.82) is 0 Å². The van der Waals surface area contributed by atoms with Crippen LogP contribution < -0.4 is 25.3 Å². The van der Waals surface area contributed by atoms with Crippen LogP contribution in [0.5, 0.6) is 17.2 Å². The van der Waals surface area contributed by atoms with Gasteiger partial charge in [0.2, 0.25) is 0 Å².